The number of para-hydroxylation sites is 2. The van der Waals surface area contributed by atoms with Crippen molar-refractivity contribution in [1.82, 2.24) is 9.97 Å². The van der Waals surface area contributed by atoms with Crippen LogP contribution in [0.1, 0.15) is 17.8 Å². The fraction of sp³-hybridized carbons (Fsp3) is 0.250. The van der Waals surface area contributed by atoms with Gasteiger partial charge >= 0.3 is 6.18 Å². The first-order valence-electron chi connectivity index (χ1n) is 9.03. The number of halogens is 4. The average molecular weight is 454 g/mol. The maximum atomic E-state index is 13.1. The second kappa shape index (κ2) is 7.96. The molecular weight excluding hydrogens is 439 g/mol. The van der Waals surface area contributed by atoms with Gasteiger partial charge < -0.3 is 4.98 Å². The minimum atomic E-state index is -4.68. The Bertz CT molecular complexity index is 1100. The highest BCUT2D eigenvalue weighted by Gasteiger charge is 2.41. The molecule has 1 aliphatic heterocycles. The highest BCUT2D eigenvalue weighted by Crippen LogP contribution is 2.38. The number of aromatic nitrogens is 2. The minimum Gasteiger partial charge on any atom is -0.342 e. The highest BCUT2D eigenvalue weighted by atomic mass is 35.5. The Labute approximate surface area is 178 Å². The number of rotatable bonds is 5. The third kappa shape index (κ3) is 4.04. The predicted molar refractivity (Wildman–Crippen MR) is 110 cm³/mol. The van der Waals surface area contributed by atoms with E-state index in [0.29, 0.717) is 12.2 Å². The highest BCUT2D eigenvalue weighted by molar-refractivity contribution is 8.00. The van der Waals surface area contributed by atoms with Gasteiger partial charge in [-0.2, -0.15) is 13.2 Å². The fourth-order valence-corrected chi connectivity index (χ4v) is 4.63. The van der Waals surface area contributed by atoms with Crippen molar-refractivity contribution >= 4 is 51.9 Å². The van der Waals surface area contributed by atoms with E-state index in [4.69, 9.17) is 11.6 Å². The smallest absolute Gasteiger partial charge is 0.342 e. The molecule has 10 heteroatoms. The summed E-state index contributed by atoms with van der Waals surface area (Å²) in [6, 6.07) is 10.6. The van der Waals surface area contributed by atoms with Crippen LogP contribution in [0, 0.1) is 0 Å². The van der Waals surface area contributed by atoms with Gasteiger partial charge in [-0.3, -0.25) is 9.59 Å². The zero-order valence-corrected chi connectivity index (χ0v) is 16.9. The topological polar surface area (TPSA) is 66.1 Å². The van der Waals surface area contributed by atoms with E-state index < -0.39 is 33.8 Å². The first kappa shape index (κ1) is 20.7. The van der Waals surface area contributed by atoms with Gasteiger partial charge in [0.1, 0.15) is 5.82 Å². The van der Waals surface area contributed by atoms with Crippen LogP contribution in [0.4, 0.5) is 18.9 Å². The summed E-state index contributed by atoms with van der Waals surface area (Å²) in [6.07, 6.45) is -4.18. The van der Waals surface area contributed by atoms with E-state index in [-0.39, 0.29) is 12.1 Å². The molecule has 0 spiro atoms. The third-order valence-electron chi connectivity index (χ3n) is 4.72. The summed E-state index contributed by atoms with van der Waals surface area (Å²) in [5.74, 6) is 0.248. The van der Waals surface area contributed by atoms with Crippen molar-refractivity contribution in [2.75, 3.05) is 10.7 Å². The monoisotopic (exact) mass is 453 g/mol. The van der Waals surface area contributed by atoms with Gasteiger partial charge in [-0.25, -0.2) is 9.88 Å². The number of nitrogens with one attached hydrogen (secondary N) is 1. The summed E-state index contributed by atoms with van der Waals surface area (Å²) in [5.41, 5.74) is 0.559. The Hall–Kier alpha value is -2.52. The number of imide groups is 1. The van der Waals surface area contributed by atoms with Crippen LogP contribution in [-0.2, 0) is 22.2 Å². The lowest BCUT2D eigenvalue weighted by atomic mass is 10.2. The van der Waals surface area contributed by atoms with E-state index in [1.165, 1.54) is 17.8 Å². The first-order valence-corrected chi connectivity index (χ1v) is 10.5. The van der Waals surface area contributed by atoms with Gasteiger partial charge in [0, 0.05) is 18.6 Å². The number of aromatic amines is 1. The minimum absolute atomic E-state index is 0.0619. The molecule has 1 N–H and O–H groups in total. The van der Waals surface area contributed by atoms with Gasteiger partial charge in [-0.15, -0.1) is 11.8 Å². The molecule has 2 aromatic carbocycles. The van der Waals surface area contributed by atoms with Crippen LogP contribution in [0.5, 0.6) is 0 Å². The van der Waals surface area contributed by atoms with Gasteiger partial charge in [-0.05, 0) is 30.3 Å². The lowest BCUT2D eigenvalue weighted by molar-refractivity contribution is -0.137. The number of aryl methyl sites for hydroxylation is 1. The molecule has 1 aromatic heterocycles. The van der Waals surface area contributed by atoms with E-state index in [1.54, 1.807) is 0 Å². The van der Waals surface area contributed by atoms with E-state index in [0.717, 1.165) is 33.9 Å². The molecule has 1 atom stereocenters. The van der Waals surface area contributed by atoms with E-state index in [9.17, 15) is 22.8 Å². The first-order chi connectivity index (χ1) is 14.2. The van der Waals surface area contributed by atoms with Crippen LogP contribution in [0.2, 0.25) is 5.02 Å². The number of H-pyrrole nitrogens is 1. The number of alkyl halides is 3. The summed E-state index contributed by atoms with van der Waals surface area (Å²) in [6.45, 7) is 0. The van der Waals surface area contributed by atoms with Crippen LogP contribution in [-0.4, -0.2) is 32.8 Å². The number of anilines is 1. The second-order valence-corrected chi connectivity index (χ2v) is 8.46. The number of fused-ring (bicyclic) bond motifs is 1. The van der Waals surface area contributed by atoms with Crippen molar-refractivity contribution in [3.63, 3.8) is 0 Å². The lowest BCUT2D eigenvalue weighted by Gasteiger charge is -2.17. The number of hydrogen-bond acceptors (Lipinski definition) is 4. The van der Waals surface area contributed by atoms with Gasteiger partial charge in [0.15, 0.2) is 0 Å². The number of carbonyl (C=O) groups is 2. The SMILES string of the molecule is O=C1C[C@H](SCCc2nc3ccccc3[nH]2)C(=O)N1c1ccc(Cl)c(C(F)(F)F)c1. The number of nitrogens with zero attached hydrogens (tertiary/aromatic N) is 2. The molecule has 1 saturated heterocycles. The third-order valence-corrected chi connectivity index (χ3v) is 6.26. The summed E-state index contributed by atoms with van der Waals surface area (Å²) in [7, 11) is 0. The van der Waals surface area contributed by atoms with Crippen LogP contribution in [0.3, 0.4) is 0 Å². The molecule has 156 valence electrons. The van der Waals surface area contributed by atoms with Crippen molar-refractivity contribution in [1.29, 1.82) is 0 Å². The molecule has 30 heavy (non-hydrogen) atoms. The van der Waals surface area contributed by atoms with Crippen molar-refractivity contribution < 1.29 is 22.8 Å². The Morgan fingerprint density at radius 2 is 1.97 bits per heavy atom. The molecule has 5 nitrogen and oxygen atoms in total. The Balaban J connectivity index is 1.44. The van der Waals surface area contributed by atoms with Crippen LogP contribution >= 0.6 is 23.4 Å². The molecule has 2 amide bonds. The molecule has 3 aromatic rings. The number of benzene rings is 2. The summed E-state index contributed by atoms with van der Waals surface area (Å²) in [4.78, 5) is 33.5. The molecule has 0 unspecified atom stereocenters. The van der Waals surface area contributed by atoms with E-state index in [2.05, 4.69) is 9.97 Å². The Morgan fingerprint density at radius 1 is 1.20 bits per heavy atom. The van der Waals surface area contributed by atoms with Crippen LogP contribution in [0.15, 0.2) is 42.5 Å². The molecule has 0 saturated carbocycles. The average Bonchev–Trinajstić information content (AvgIpc) is 3.22. The molecule has 4 rings (SSSR count). The number of carbonyl (C=O) groups excluding carboxylic acids is 2. The Kier molecular flexibility index (Phi) is 5.50. The Morgan fingerprint density at radius 3 is 2.70 bits per heavy atom. The van der Waals surface area contributed by atoms with Gasteiger partial charge in [0.2, 0.25) is 11.8 Å². The van der Waals surface area contributed by atoms with Crippen molar-refractivity contribution in [2.45, 2.75) is 24.3 Å². The van der Waals surface area contributed by atoms with Gasteiger partial charge in [0.05, 0.1) is 32.6 Å². The van der Waals surface area contributed by atoms with Crippen LogP contribution in [0.25, 0.3) is 11.0 Å². The summed E-state index contributed by atoms with van der Waals surface area (Å²) < 4.78 is 39.3. The number of imidazole rings is 1. The van der Waals surface area contributed by atoms with Gasteiger partial charge in [0.25, 0.3) is 0 Å². The fourth-order valence-electron chi connectivity index (χ4n) is 3.30. The lowest BCUT2D eigenvalue weighted by Crippen LogP contribution is -2.31. The standard InChI is InChI=1S/C20H15ClF3N3O2S/c21-13-6-5-11(9-12(13)20(22,23)24)27-18(28)10-16(19(27)29)30-8-7-17-25-14-3-1-2-4-15(14)26-17/h1-6,9,16H,7-8,10H2,(H,25,26)/t16-/m0/s1. The number of amides is 2. The van der Waals surface area contributed by atoms with Crippen molar-refractivity contribution in [2.24, 2.45) is 0 Å². The van der Waals surface area contributed by atoms with E-state index >= 15 is 0 Å². The summed E-state index contributed by atoms with van der Waals surface area (Å²) >= 11 is 6.92. The largest absolute Gasteiger partial charge is 0.417 e. The molecule has 1 aliphatic rings. The maximum Gasteiger partial charge on any atom is 0.417 e. The molecule has 1 fully saturated rings. The molecular formula is C20H15ClF3N3O2S. The summed E-state index contributed by atoms with van der Waals surface area (Å²) in [5, 5.41) is -1.13. The van der Waals surface area contributed by atoms with Crippen molar-refractivity contribution in [3.8, 4) is 0 Å². The zero-order chi connectivity index (χ0) is 21.5. The van der Waals surface area contributed by atoms with E-state index in [1.807, 2.05) is 24.3 Å². The predicted octanol–water partition coefficient (Wildman–Crippen LogP) is 4.84. The number of thioether (sulfide) groups is 1. The maximum absolute atomic E-state index is 13.1. The second-order valence-electron chi connectivity index (χ2n) is 6.74. The zero-order valence-electron chi connectivity index (χ0n) is 15.4. The molecule has 0 aliphatic carbocycles. The van der Waals surface area contributed by atoms with Crippen molar-refractivity contribution in [3.05, 3.63) is 58.9 Å². The molecule has 2 heterocycles. The molecule has 0 bridgehead atoms. The van der Waals surface area contributed by atoms with Gasteiger partial charge in [-0.1, -0.05) is 23.7 Å². The normalized spacial score (nSPS) is 17.3. The van der Waals surface area contributed by atoms with Crippen LogP contribution < -0.4 is 4.90 Å². The number of hydrogen-bond donors (Lipinski definition) is 1. The quantitative estimate of drug-likeness (QED) is 0.561. The molecule has 0 radical (unpaired) electrons.